The third-order valence-corrected chi connectivity index (χ3v) is 3.28. The predicted molar refractivity (Wildman–Crippen MR) is 104 cm³/mol. The van der Waals surface area contributed by atoms with Gasteiger partial charge in [-0.3, -0.25) is 14.4 Å². The van der Waals surface area contributed by atoms with E-state index in [-0.39, 0.29) is 11.7 Å². The van der Waals surface area contributed by atoms with Gasteiger partial charge in [0.25, 0.3) is 0 Å². The molecule has 2 aromatic rings. The van der Waals surface area contributed by atoms with Crippen molar-refractivity contribution in [3.63, 3.8) is 0 Å². The highest BCUT2D eigenvalue weighted by Crippen LogP contribution is 2.14. The van der Waals surface area contributed by atoms with Gasteiger partial charge in [0.2, 0.25) is 11.8 Å². The smallest absolute Gasteiger partial charge is 0.343 e. The van der Waals surface area contributed by atoms with Crippen LogP contribution in [0, 0.1) is 0 Å². The Kier molecular flexibility index (Phi) is 9.04. The molecule has 8 heteroatoms. The molecule has 0 bridgehead atoms. The van der Waals surface area contributed by atoms with E-state index >= 15 is 0 Å². The van der Waals surface area contributed by atoms with Crippen LogP contribution in [0.3, 0.4) is 0 Å². The summed E-state index contributed by atoms with van der Waals surface area (Å²) in [5.74, 6) is -1.14. The molecule has 0 aromatic heterocycles. The van der Waals surface area contributed by atoms with E-state index in [4.69, 9.17) is 0 Å². The molecule has 0 spiro atoms. The lowest BCUT2D eigenvalue weighted by Crippen LogP contribution is -2.32. The van der Waals surface area contributed by atoms with Gasteiger partial charge in [-0.05, 0) is 36.4 Å². The van der Waals surface area contributed by atoms with Crippen LogP contribution in [-0.4, -0.2) is 30.3 Å². The molecule has 0 aliphatic heterocycles. The van der Waals surface area contributed by atoms with Gasteiger partial charge in [-0.2, -0.15) is 13.2 Å². The molecule has 0 atom stereocenters. The van der Waals surface area contributed by atoms with Crippen molar-refractivity contribution in [3.8, 4) is 0 Å². The molecular formula is C21H19F3N2O3. The number of anilines is 1. The monoisotopic (exact) mass is 404 g/mol. The Hall–Kier alpha value is -3.68. The van der Waals surface area contributed by atoms with Crippen LogP contribution in [0.25, 0.3) is 0 Å². The van der Waals surface area contributed by atoms with Gasteiger partial charge < -0.3 is 10.6 Å². The molecule has 152 valence electrons. The zero-order valence-electron chi connectivity index (χ0n) is 15.3. The van der Waals surface area contributed by atoms with Crippen LogP contribution in [0.4, 0.5) is 18.9 Å². The molecule has 0 aliphatic rings. The maximum absolute atomic E-state index is 12.1. The zero-order chi connectivity index (χ0) is 21.9. The molecule has 0 heterocycles. The third-order valence-electron chi connectivity index (χ3n) is 3.28. The van der Waals surface area contributed by atoms with Crippen LogP contribution in [0.5, 0.6) is 0 Å². The maximum atomic E-state index is 12.1. The molecule has 5 nitrogen and oxygen atoms in total. The van der Waals surface area contributed by atoms with E-state index in [1.54, 1.807) is 41.7 Å². The minimum Gasteiger partial charge on any atom is -0.343 e. The lowest BCUT2D eigenvalue weighted by molar-refractivity contribution is -0.135. The summed E-state index contributed by atoms with van der Waals surface area (Å²) in [4.78, 5) is 33.4. The predicted octanol–water partition coefficient (Wildman–Crippen LogP) is 3.89. The first kappa shape index (κ1) is 23.4. The SMILES string of the molecule is C=CC(=O)NCC(F)(F)F.C=CC(=O)Nc1ccc(C(=O)c2ccccc2)cc1. The molecule has 2 aromatic carbocycles. The van der Waals surface area contributed by atoms with Gasteiger partial charge >= 0.3 is 6.18 Å². The number of halogens is 3. The summed E-state index contributed by atoms with van der Waals surface area (Å²) in [6, 6.07) is 15.8. The summed E-state index contributed by atoms with van der Waals surface area (Å²) in [5.41, 5.74) is 1.86. The fourth-order valence-electron chi connectivity index (χ4n) is 1.91. The van der Waals surface area contributed by atoms with E-state index in [0.717, 1.165) is 6.08 Å². The van der Waals surface area contributed by atoms with Crippen molar-refractivity contribution < 1.29 is 27.6 Å². The van der Waals surface area contributed by atoms with Crippen molar-refractivity contribution in [2.45, 2.75) is 6.18 Å². The molecule has 2 rings (SSSR count). The Labute approximate surface area is 165 Å². The topological polar surface area (TPSA) is 75.3 Å². The second-order valence-corrected chi connectivity index (χ2v) is 5.50. The number of ketones is 1. The second kappa shape index (κ2) is 11.2. The van der Waals surface area contributed by atoms with Gasteiger partial charge in [0.1, 0.15) is 6.54 Å². The van der Waals surface area contributed by atoms with E-state index in [9.17, 15) is 27.6 Å². The van der Waals surface area contributed by atoms with Gasteiger partial charge in [0.05, 0.1) is 0 Å². The van der Waals surface area contributed by atoms with Crippen molar-refractivity contribution in [1.82, 2.24) is 5.32 Å². The van der Waals surface area contributed by atoms with Gasteiger partial charge in [-0.1, -0.05) is 43.5 Å². The molecule has 2 N–H and O–H groups in total. The Morgan fingerprint density at radius 3 is 1.83 bits per heavy atom. The fourth-order valence-corrected chi connectivity index (χ4v) is 1.91. The molecule has 0 saturated carbocycles. The largest absolute Gasteiger partial charge is 0.405 e. The van der Waals surface area contributed by atoms with E-state index < -0.39 is 18.6 Å². The number of amides is 2. The Balaban J connectivity index is 0.000000359. The molecule has 0 saturated heterocycles. The molecule has 0 fully saturated rings. The molecular weight excluding hydrogens is 385 g/mol. The average molecular weight is 404 g/mol. The van der Waals surface area contributed by atoms with Crippen molar-refractivity contribution >= 4 is 23.3 Å². The van der Waals surface area contributed by atoms with E-state index in [1.165, 1.54) is 6.08 Å². The summed E-state index contributed by atoms with van der Waals surface area (Å²) in [6.07, 6.45) is -2.37. The van der Waals surface area contributed by atoms with Crippen LogP contribution in [0.2, 0.25) is 0 Å². The number of carbonyl (C=O) groups excluding carboxylic acids is 3. The second-order valence-electron chi connectivity index (χ2n) is 5.50. The summed E-state index contributed by atoms with van der Waals surface area (Å²) < 4.78 is 33.9. The number of hydrogen-bond acceptors (Lipinski definition) is 3. The van der Waals surface area contributed by atoms with Crippen LogP contribution < -0.4 is 10.6 Å². The van der Waals surface area contributed by atoms with E-state index in [2.05, 4.69) is 18.5 Å². The number of alkyl halides is 3. The first-order valence-corrected chi connectivity index (χ1v) is 8.26. The Morgan fingerprint density at radius 1 is 0.828 bits per heavy atom. The van der Waals surface area contributed by atoms with Crippen molar-refractivity contribution in [2.24, 2.45) is 0 Å². The zero-order valence-corrected chi connectivity index (χ0v) is 15.3. The third kappa shape index (κ3) is 9.18. The van der Waals surface area contributed by atoms with Gasteiger partial charge in [0.15, 0.2) is 5.78 Å². The lowest BCUT2D eigenvalue weighted by atomic mass is 10.0. The number of benzene rings is 2. The van der Waals surface area contributed by atoms with Crippen molar-refractivity contribution in [1.29, 1.82) is 0 Å². The van der Waals surface area contributed by atoms with Crippen LogP contribution in [-0.2, 0) is 9.59 Å². The molecule has 0 aliphatic carbocycles. The molecule has 0 radical (unpaired) electrons. The molecule has 2 amide bonds. The minimum atomic E-state index is -4.35. The number of nitrogens with one attached hydrogen (secondary N) is 2. The fraction of sp³-hybridized carbons (Fsp3) is 0.0952. The highest BCUT2D eigenvalue weighted by molar-refractivity contribution is 6.09. The summed E-state index contributed by atoms with van der Waals surface area (Å²) in [5, 5.41) is 4.22. The van der Waals surface area contributed by atoms with Crippen LogP contribution in [0.1, 0.15) is 15.9 Å². The summed E-state index contributed by atoms with van der Waals surface area (Å²) >= 11 is 0. The van der Waals surface area contributed by atoms with Crippen molar-refractivity contribution in [3.05, 3.63) is 91.0 Å². The van der Waals surface area contributed by atoms with Gasteiger partial charge in [0, 0.05) is 16.8 Å². The van der Waals surface area contributed by atoms with Gasteiger partial charge in [-0.25, -0.2) is 0 Å². The Bertz CT molecular complexity index is 861. The highest BCUT2D eigenvalue weighted by atomic mass is 19.4. The van der Waals surface area contributed by atoms with Crippen molar-refractivity contribution in [2.75, 3.05) is 11.9 Å². The summed E-state index contributed by atoms with van der Waals surface area (Å²) in [6.45, 7) is 5.05. The normalized spacial score (nSPS) is 10.0. The number of hydrogen-bond donors (Lipinski definition) is 2. The first-order valence-electron chi connectivity index (χ1n) is 8.26. The number of rotatable bonds is 6. The lowest BCUT2D eigenvalue weighted by Gasteiger charge is -2.04. The number of carbonyl (C=O) groups is 3. The quantitative estimate of drug-likeness (QED) is 0.567. The highest BCUT2D eigenvalue weighted by Gasteiger charge is 2.27. The van der Waals surface area contributed by atoms with Crippen LogP contribution in [0.15, 0.2) is 79.9 Å². The van der Waals surface area contributed by atoms with Crippen LogP contribution >= 0.6 is 0 Å². The average Bonchev–Trinajstić information content (AvgIpc) is 2.72. The first-order chi connectivity index (χ1) is 13.7. The summed E-state index contributed by atoms with van der Waals surface area (Å²) in [7, 11) is 0. The van der Waals surface area contributed by atoms with E-state index in [1.807, 2.05) is 18.2 Å². The molecule has 0 unspecified atom stereocenters. The maximum Gasteiger partial charge on any atom is 0.405 e. The Morgan fingerprint density at radius 2 is 1.34 bits per heavy atom. The standard InChI is InChI=1S/C16H13NO2.C5H6F3NO/c1-2-15(18)17-14-10-8-13(9-11-14)16(19)12-6-4-3-5-7-12;1-2-4(10)9-3-5(6,7)8/h2-11H,1H2,(H,17,18);2H,1,3H2,(H,9,10). The van der Waals surface area contributed by atoms with Gasteiger partial charge in [-0.15, -0.1) is 0 Å². The molecule has 29 heavy (non-hydrogen) atoms. The minimum absolute atomic E-state index is 0.0396. The van der Waals surface area contributed by atoms with E-state index in [0.29, 0.717) is 16.8 Å².